The average molecular weight is 1030 g/mol. The zero-order chi connectivity index (χ0) is 54.1. The number of rotatable bonds is 15. The van der Waals surface area contributed by atoms with Crippen LogP contribution in [0, 0.1) is 0 Å². The van der Waals surface area contributed by atoms with Crippen LogP contribution in [-0.4, -0.2) is 30.8 Å². The van der Waals surface area contributed by atoms with Gasteiger partial charge in [0, 0.05) is 23.8 Å². The second-order valence-electron chi connectivity index (χ2n) is 19.4. The van der Waals surface area contributed by atoms with E-state index in [2.05, 4.69) is 122 Å². The molecule has 0 N–H and O–H groups in total. The van der Waals surface area contributed by atoms with Crippen LogP contribution in [0.2, 0.25) is 0 Å². The van der Waals surface area contributed by atoms with Gasteiger partial charge in [0.05, 0.1) is 10.8 Å². The van der Waals surface area contributed by atoms with Crippen molar-refractivity contribution in [3.05, 3.63) is 312 Å². The number of benzene rings is 10. The van der Waals surface area contributed by atoms with Gasteiger partial charge in [0.15, 0.2) is 0 Å². The molecule has 0 aromatic heterocycles. The number of carbonyl (C=O) groups is 4. The van der Waals surface area contributed by atoms with E-state index in [9.17, 15) is 19.2 Å². The van der Waals surface area contributed by atoms with E-state index in [1.807, 2.05) is 78.9 Å². The Morgan fingerprint density at radius 2 is 0.734 bits per heavy atom. The zero-order valence-electron chi connectivity index (χ0n) is 42.6. The largest absolute Gasteiger partial charge is 0.489 e. The van der Waals surface area contributed by atoms with Crippen molar-refractivity contribution in [1.29, 1.82) is 0 Å². The van der Waals surface area contributed by atoms with Gasteiger partial charge in [0.1, 0.15) is 35.9 Å². The Morgan fingerprint density at radius 1 is 0.392 bits per heavy atom. The minimum Gasteiger partial charge on any atom is -0.489 e. The Kier molecular flexibility index (Phi) is 12.9. The first kappa shape index (κ1) is 49.4. The Morgan fingerprint density at radius 3 is 1.18 bits per heavy atom. The van der Waals surface area contributed by atoms with E-state index < -0.39 is 28.7 Å². The molecule has 0 radical (unpaired) electrons. The molecule has 0 heterocycles. The van der Waals surface area contributed by atoms with Crippen molar-refractivity contribution in [1.82, 2.24) is 0 Å². The molecule has 0 amide bonds. The summed E-state index contributed by atoms with van der Waals surface area (Å²) in [6.45, 7) is 7.36. The molecule has 79 heavy (non-hydrogen) atoms. The van der Waals surface area contributed by atoms with Crippen LogP contribution in [0.15, 0.2) is 268 Å². The molecule has 0 saturated carbocycles. The third-order valence-electron chi connectivity index (χ3n) is 15.0. The first-order valence-electron chi connectivity index (χ1n) is 25.7. The fourth-order valence-electron chi connectivity index (χ4n) is 11.6. The molecule has 0 fully saturated rings. The number of ether oxygens (including phenoxy) is 4. The number of esters is 3. The maximum atomic E-state index is 13.1. The van der Waals surface area contributed by atoms with Crippen molar-refractivity contribution >= 4 is 45.7 Å². The summed E-state index contributed by atoms with van der Waals surface area (Å²) in [6.07, 6.45) is 7.20. The third kappa shape index (κ3) is 8.81. The number of hydrogen-bond donors (Lipinski definition) is 0. The van der Waals surface area contributed by atoms with Crippen LogP contribution in [0.5, 0.6) is 23.0 Å². The first-order valence-corrected chi connectivity index (χ1v) is 25.7. The van der Waals surface area contributed by atoms with Crippen molar-refractivity contribution < 1.29 is 38.1 Å². The zero-order valence-corrected chi connectivity index (χ0v) is 42.6. The number of hydrogen-bond acceptors (Lipinski definition) is 8. The maximum absolute atomic E-state index is 13.1. The van der Waals surface area contributed by atoms with Gasteiger partial charge >= 0.3 is 17.9 Å². The Bertz CT molecular complexity index is 4090. The molecule has 10 aromatic rings. The predicted molar refractivity (Wildman–Crippen MR) is 309 cm³/mol. The molecule has 8 nitrogen and oxygen atoms in total. The standard InChI is InChI=1S/C71H48O8/c1-3-67(73)77-55-36-30-51(31-37-55)70(63-18-8-4-14-59(63)60-15-5-9-19-64(60)70)52-32-38-56(39-33-52)78-68(74)22-12-13-23-69(75)79-58-35-27-48-41-54(29-25-50(48)43-58)71(65-20-10-6-16-61(65)62-17-7-11-21-66(62)71)53-28-24-49-42-57(34-26-47(49)40-53)76-45-46(2)44-72/h3-44H,1-2,45H2/b22-12+,23-13-. The van der Waals surface area contributed by atoms with Gasteiger partial charge in [0.25, 0.3) is 0 Å². The molecule has 12 rings (SSSR count). The SMILES string of the molecule is C=CC(=O)Oc1ccc(C2(c3ccc(OC(=O)/C=C/C=C\C(=O)Oc4ccc5cc(C6(c7ccc8cc(OCC(=C)C=O)ccc8c7)c7ccccc7-c7ccccc76)ccc5c4)cc3)c3ccccc3-c3ccccc32)cc1. The van der Waals surface area contributed by atoms with E-state index in [0.717, 1.165) is 72.1 Å². The van der Waals surface area contributed by atoms with Crippen molar-refractivity contribution in [2.45, 2.75) is 10.8 Å². The molecule has 380 valence electrons. The van der Waals surface area contributed by atoms with Crippen LogP contribution >= 0.6 is 0 Å². The summed E-state index contributed by atoms with van der Waals surface area (Å²) in [7, 11) is 0. The van der Waals surface area contributed by atoms with E-state index in [-0.39, 0.29) is 6.61 Å². The monoisotopic (exact) mass is 1030 g/mol. The average Bonchev–Trinajstić information content (AvgIpc) is 3.49. The molecular weight excluding hydrogens is 981 g/mol. The van der Waals surface area contributed by atoms with Crippen molar-refractivity contribution in [3.63, 3.8) is 0 Å². The van der Waals surface area contributed by atoms with Crippen LogP contribution in [0.3, 0.4) is 0 Å². The van der Waals surface area contributed by atoms with Crippen molar-refractivity contribution in [2.24, 2.45) is 0 Å². The Hall–Kier alpha value is -10.4. The minimum atomic E-state index is -0.730. The number of aldehydes is 1. The maximum Gasteiger partial charge on any atom is 0.336 e. The lowest BCUT2D eigenvalue weighted by molar-refractivity contribution is -0.130. The summed E-state index contributed by atoms with van der Waals surface area (Å²) in [5.41, 5.74) is 12.2. The highest BCUT2D eigenvalue weighted by Crippen LogP contribution is 2.58. The molecule has 0 atom stereocenters. The minimum absolute atomic E-state index is 0.124. The summed E-state index contributed by atoms with van der Waals surface area (Å²) in [6, 6.07) is 73.3. The number of carbonyl (C=O) groups excluding carboxylic acids is 4. The smallest absolute Gasteiger partial charge is 0.336 e. The van der Waals surface area contributed by atoms with Crippen molar-refractivity contribution in [2.75, 3.05) is 6.61 Å². The summed E-state index contributed by atoms with van der Waals surface area (Å²) in [5, 5.41) is 3.91. The van der Waals surface area contributed by atoms with Gasteiger partial charge in [-0.15, -0.1) is 0 Å². The summed E-state index contributed by atoms with van der Waals surface area (Å²) >= 11 is 0. The number of fused-ring (bicyclic) bond motifs is 8. The lowest BCUT2D eigenvalue weighted by Crippen LogP contribution is -2.28. The van der Waals surface area contributed by atoms with E-state index in [1.165, 1.54) is 46.6 Å². The third-order valence-corrected chi connectivity index (χ3v) is 15.0. The van der Waals surface area contributed by atoms with Crippen LogP contribution in [-0.2, 0) is 30.0 Å². The normalized spacial score (nSPS) is 13.3. The van der Waals surface area contributed by atoms with E-state index in [0.29, 0.717) is 34.9 Å². The van der Waals surface area contributed by atoms with Gasteiger partial charge in [-0.3, -0.25) is 4.79 Å². The second kappa shape index (κ2) is 20.6. The van der Waals surface area contributed by atoms with Gasteiger partial charge in [-0.05, 0) is 149 Å². The summed E-state index contributed by atoms with van der Waals surface area (Å²) in [5.74, 6) is 0.00552. The molecule has 2 aliphatic carbocycles. The lowest BCUT2D eigenvalue weighted by Gasteiger charge is -2.34. The molecule has 0 unspecified atom stereocenters. The van der Waals surface area contributed by atoms with E-state index >= 15 is 0 Å². The summed E-state index contributed by atoms with van der Waals surface area (Å²) < 4.78 is 22.7. The second-order valence-corrected chi connectivity index (χ2v) is 19.4. The van der Waals surface area contributed by atoms with Crippen LogP contribution in [0.25, 0.3) is 43.8 Å². The highest BCUT2D eigenvalue weighted by molar-refractivity contribution is 5.94. The fourth-order valence-corrected chi connectivity index (χ4v) is 11.6. The molecule has 10 aromatic carbocycles. The van der Waals surface area contributed by atoms with E-state index in [4.69, 9.17) is 18.9 Å². The van der Waals surface area contributed by atoms with Gasteiger partial charge in [-0.1, -0.05) is 183 Å². The molecule has 2 aliphatic rings. The highest BCUT2D eigenvalue weighted by atomic mass is 16.5. The lowest BCUT2D eigenvalue weighted by atomic mass is 9.67. The van der Waals surface area contributed by atoms with Gasteiger partial charge < -0.3 is 18.9 Å². The predicted octanol–water partition coefficient (Wildman–Crippen LogP) is 14.6. The Labute approximate surface area is 456 Å². The van der Waals surface area contributed by atoms with Crippen LogP contribution < -0.4 is 18.9 Å². The first-order chi connectivity index (χ1) is 38.7. The molecule has 0 spiro atoms. The highest BCUT2D eigenvalue weighted by Gasteiger charge is 2.47. The number of allylic oxidation sites excluding steroid dienone is 2. The van der Waals surface area contributed by atoms with Gasteiger partial charge in [0.2, 0.25) is 0 Å². The molecule has 0 saturated heterocycles. The van der Waals surface area contributed by atoms with Gasteiger partial charge in [-0.2, -0.15) is 0 Å². The molecular formula is C71H48O8. The Balaban J connectivity index is 0.754. The molecule has 0 aliphatic heterocycles. The van der Waals surface area contributed by atoms with Gasteiger partial charge in [-0.25, -0.2) is 14.4 Å². The quantitative estimate of drug-likeness (QED) is 0.0329. The summed E-state index contributed by atoms with van der Waals surface area (Å²) in [4.78, 5) is 49.3. The van der Waals surface area contributed by atoms with E-state index in [1.54, 1.807) is 30.3 Å². The topological polar surface area (TPSA) is 105 Å². The fraction of sp³-hybridized carbons (Fsp3) is 0.0423. The molecule has 0 bridgehead atoms. The molecule has 8 heteroatoms. The van der Waals surface area contributed by atoms with Crippen LogP contribution in [0.4, 0.5) is 0 Å². The van der Waals surface area contributed by atoms with Crippen LogP contribution in [0.1, 0.15) is 44.5 Å². The van der Waals surface area contributed by atoms with Crippen molar-refractivity contribution in [3.8, 4) is 45.3 Å².